The van der Waals surface area contributed by atoms with Crippen molar-refractivity contribution in [2.75, 3.05) is 0 Å². The van der Waals surface area contributed by atoms with Gasteiger partial charge in [0.25, 0.3) is 0 Å². The summed E-state index contributed by atoms with van der Waals surface area (Å²) in [5.41, 5.74) is -3.01. The van der Waals surface area contributed by atoms with Crippen LogP contribution in [0.1, 0.15) is 0 Å². The minimum atomic E-state index is -4.80. The molecule has 0 aliphatic rings. The van der Waals surface area contributed by atoms with E-state index in [4.69, 9.17) is 0 Å². The van der Waals surface area contributed by atoms with Gasteiger partial charge in [-0.15, -0.1) is 12.6 Å². The lowest BCUT2D eigenvalue weighted by molar-refractivity contribution is -0.153. The maximum Gasteiger partial charge on any atom is 0.428 e. The van der Waals surface area contributed by atoms with E-state index in [0.29, 0.717) is 0 Å². The zero-order valence-corrected chi connectivity index (χ0v) is 3.93. The van der Waals surface area contributed by atoms with Crippen molar-refractivity contribution in [2.24, 2.45) is 0 Å². The van der Waals surface area contributed by atoms with Crippen LogP contribution in [0.3, 0.4) is 0 Å². The maximum atomic E-state index is 10.9. The first kappa shape index (κ1) is 7.07. The molecule has 0 saturated carbocycles. The molecule has 7 heavy (non-hydrogen) atoms. The van der Waals surface area contributed by atoms with Crippen LogP contribution in [0.4, 0.5) is 17.6 Å². The topological polar surface area (TPSA) is 0 Å². The van der Waals surface area contributed by atoms with Crippen molar-refractivity contribution in [1.29, 1.82) is 0 Å². The van der Waals surface area contributed by atoms with E-state index in [1.807, 2.05) is 0 Å². The fourth-order valence-corrected chi connectivity index (χ4v) is 0. The highest BCUT2D eigenvalue weighted by Crippen LogP contribution is 2.24. The molecule has 1 atom stereocenters. The van der Waals surface area contributed by atoms with E-state index in [1.54, 1.807) is 0 Å². The Labute approximate surface area is 42.9 Å². The minimum absolute atomic E-state index is 2.49. The second-order valence-electron chi connectivity index (χ2n) is 0.877. The van der Waals surface area contributed by atoms with Crippen molar-refractivity contribution >= 4 is 12.6 Å². The van der Waals surface area contributed by atoms with E-state index in [9.17, 15) is 17.6 Å². The van der Waals surface area contributed by atoms with Gasteiger partial charge in [0, 0.05) is 0 Å². The van der Waals surface area contributed by atoms with Gasteiger partial charge in [0.2, 0.25) is 5.50 Å². The highest BCUT2D eigenvalue weighted by molar-refractivity contribution is 7.80. The van der Waals surface area contributed by atoms with E-state index in [2.05, 4.69) is 12.6 Å². The first-order valence-electron chi connectivity index (χ1n) is 1.33. The largest absolute Gasteiger partial charge is 0.428 e. The summed E-state index contributed by atoms with van der Waals surface area (Å²) in [6.45, 7) is 0. The third kappa shape index (κ3) is 2.73. The smallest absolute Gasteiger partial charge is 0.226 e. The van der Waals surface area contributed by atoms with E-state index in [1.165, 1.54) is 0 Å². The van der Waals surface area contributed by atoms with Gasteiger partial charge in [-0.2, -0.15) is 13.2 Å². The predicted molar refractivity (Wildman–Crippen MR) is 19.9 cm³/mol. The third-order valence-electron chi connectivity index (χ3n) is 0.270. The lowest BCUT2D eigenvalue weighted by Crippen LogP contribution is -2.17. The van der Waals surface area contributed by atoms with Gasteiger partial charge in [-0.25, -0.2) is 4.39 Å². The average molecular weight is 134 g/mol. The molecule has 0 aromatic carbocycles. The molecular formula is C2H2F4S. The SMILES string of the molecule is FC(S)C(F)(F)F. The summed E-state index contributed by atoms with van der Waals surface area (Å²) in [4.78, 5) is 0. The Morgan fingerprint density at radius 2 is 1.43 bits per heavy atom. The first-order chi connectivity index (χ1) is 2.94. The molecule has 0 spiro atoms. The molecule has 0 nitrogen and oxygen atoms in total. The number of halogens is 4. The molecule has 1 unspecified atom stereocenters. The van der Waals surface area contributed by atoms with E-state index >= 15 is 0 Å². The summed E-state index contributed by atoms with van der Waals surface area (Å²) < 4.78 is 43.1. The van der Waals surface area contributed by atoms with Crippen LogP contribution in [-0.2, 0) is 0 Å². The molecule has 0 amide bonds. The predicted octanol–water partition coefficient (Wildman–Crippen LogP) is 1.77. The number of thiol groups is 1. The highest BCUT2D eigenvalue weighted by Gasteiger charge is 2.36. The van der Waals surface area contributed by atoms with Gasteiger partial charge >= 0.3 is 6.18 Å². The summed E-state index contributed by atoms with van der Waals surface area (Å²) in [5.74, 6) is 0. The molecule has 0 aliphatic carbocycles. The molecule has 0 aliphatic heterocycles. The molecule has 44 valence electrons. The van der Waals surface area contributed by atoms with Gasteiger partial charge in [0.15, 0.2) is 0 Å². The van der Waals surface area contributed by atoms with Gasteiger partial charge in [-0.3, -0.25) is 0 Å². The fourth-order valence-electron chi connectivity index (χ4n) is 0. The van der Waals surface area contributed by atoms with Crippen molar-refractivity contribution < 1.29 is 17.6 Å². The number of rotatable bonds is 0. The molecule has 0 bridgehead atoms. The van der Waals surface area contributed by atoms with Crippen LogP contribution >= 0.6 is 12.6 Å². The van der Waals surface area contributed by atoms with Crippen LogP contribution < -0.4 is 0 Å². The van der Waals surface area contributed by atoms with E-state index in [-0.39, 0.29) is 0 Å². The lowest BCUT2D eigenvalue weighted by atomic mass is 10.7. The molecule has 0 saturated heterocycles. The van der Waals surface area contributed by atoms with Gasteiger partial charge in [0.1, 0.15) is 0 Å². The molecule has 0 aromatic heterocycles. The fraction of sp³-hybridized carbons (Fsp3) is 1.00. The molecule has 0 radical (unpaired) electrons. The van der Waals surface area contributed by atoms with Gasteiger partial charge in [0.05, 0.1) is 0 Å². The van der Waals surface area contributed by atoms with Crippen molar-refractivity contribution in [2.45, 2.75) is 11.7 Å². The number of alkyl halides is 4. The van der Waals surface area contributed by atoms with Crippen LogP contribution in [0.2, 0.25) is 0 Å². The van der Waals surface area contributed by atoms with Crippen LogP contribution in [0, 0.1) is 0 Å². The molecule has 0 N–H and O–H groups in total. The Hall–Kier alpha value is 0.0700. The average Bonchev–Trinajstić information content (AvgIpc) is 1.31. The Morgan fingerprint density at radius 3 is 1.43 bits per heavy atom. The van der Waals surface area contributed by atoms with Crippen LogP contribution in [0.15, 0.2) is 0 Å². The second-order valence-corrected chi connectivity index (χ2v) is 1.33. The van der Waals surface area contributed by atoms with Crippen molar-refractivity contribution in [3.63, 3.8) is 0 Å². The number of hydrogen-bond acceptors (Lipinski definition) is 1. The zero-order chi connectivity index (χ0) is 6.08. The van der Waals surface area contributed by atoms with Gasteiger partial charge in [-0.05, 0) is 0 Å². The monoisotopic (exact) mass is 134 g/mol. The highest BCUT2D eigenvalue weighted by atomic mass is 32.1. The van der Waals surface area contributed by atoms with E-state index < -0.39 is 11.7 Å². The molecule has 5 heteroatoms. The summed E-state index contributed by atoms with van der Waals surface area (Å²) in [6.07, 6.45) is -4.80. The molecule has 0 fully saturated rings. The summed E-state index contributed by atoms with van der Waals surface area (Å²) in [5, 5.41) is 0. The standard InChI is InChI=1S/C2H2F4S/c3-1(7)2(4,5)6/h1,7H. The lowest BCUT2D eigenvalue weighted by Gasteiger charge is -2.03. The molecule has 0 heterocycles. The first-order valence-corrected chi connectivity index (χ1v) is 1.85. The maximum absolute atomic E-state index is 10.9. The van der Waals surface area contributed by atoms with Gasteiger partial charge < -0.3 is 0 Å². The van der Waals surface area contributed by atoms with Gasteiger partial charge in [-0.1, -0.05) is 0 Å². The summed E-state index contributed by atoms with van der Waals surface area (Å²) >= 11 is 2.49. The van der Waals surface area contributed by atoms with Crippen LogP contribution in [-0.4, -0.2) is 11.7 Å². The summed E-state index contributed by atoms with van der Waals surface area (Å²) in [6, 6.07) is 0. The van der Waals surface area contributed by atoms with Crippen molar-refractivity contribution in [3.8, 4) is 0 Å². The Balaban J connectivity index is 3.54. The zero-order valence-electron chi connectivity index (χ0n) is 3.04. The second kappa shape index (κ2) is 1.90. The normalized spacial score (nSPS) is 16.7. The Morgan fingerprint density at radius 1 is 1.29 bits per heavy atom. The van der Waals surface area contributed by atoms with E-state index in [0.717, 1.165) is 0 Å². The number of hydrogen-bond donors (Lipinski definition) is 1. The van der Waals surface area contributed by atoms with Crippen LogP contribution in [0.25, 0.3) is 0 Å². The molecule has 0 aromatic rings. The Bertz CT molecular complexity index is 55.2. The molecule has 0 rings (SSSR count). The Kier molecular flexibility index (Phi) is 1.92. The molecular weight excluding hydrogens is 132 g/mol. The third-order valence-corrected chi connectivity index (χ3v) is 0.563. The van der Waals surface area contributed by atoms with Crippen molar-refractivity contribution in [1.82, 2.24) is 0 Å². The van der Waals surface area contributed by atoms with Crippen molar-refractivity contribution in [3.05, 3.63) is 0 Å². The van der Waals surface area contributed by atoms with Crippen LogP contribution in [0.5, 0.6) is 0 Å². The minimum Gasteiger partial charge on any atom is -0.226 e. The quantitative estimate of drug-likeness (QED) is 0.379. The summed E-state index contributed by atoms with van der Waals surface area (Å²) in [7, 11) is 0.